The van der Waals surface area contributed by atoms with Crippen molar-refractivity contribution >= 4 is 16.9 Å². The van der Waals surface area contributed by atoms with E-state index < -0.39 is 11.8 Å². The summed E-state index contributed by atoms with van der Waals surface area (Å²) in [6.07, 6.45) is 5.74. The van der Waals surface area contributed by atoms with Gasteiger partial charge in [0.1, 0.15) is 17.4 Å². The molecule has 0 radical (unpaired) electrons. The van der Waals surface area contributed by atoms with Crippen LogP contribution in [0.5, 0.6) is 0 Å². The van der Waals surface area contributed by atoms with E-state index in [1.165, 1.54) is 0 Å². The van der Waals surface area contributed by atoms with E-state index in [0.717, 1.165) is 78.4 Å². The van der Waals surface area contributed by atoms with Crippen molar-refractivity contribution in [3.05, 3.63) is 84.1 Å². The minimum Gasteiger partial charge on any atom is -0.379 e. The van der Waals surface area contributed by atoms with Gasteiger partial charge in [0.15, 0.2) is 0 Å². The lowest BCUT2D eigenvalue weighted by Crippen LogP contribution is -2.38. The molecule has 0 aliphatic carbocycles. The number of carbonyl (C=O) groups excluding carboxylic acids is 1. The Bertz CT molecular complexity index is 1700. The SMILES string of the molecule is CC(C)(C)c1cc(C(C(N)=O)c2ccc(-c3cnc4cc(-c5cnn(CCN6CCOCC6)c5)ccc4n3)cc2)no1. The van der Waals surface area contributed by atoms with Crippen LogP contribution >= 0.6 is 0 Å². The summed E-state index contributed by atoms with van der Waals surface area (Å²) in [5, 5.41) is 8.70. The van der Waals surface area contributed by atoms with Crippen LogP contribution < -0.4 is 5.73 Å². The summed E-state index contributed by atoms with van der Waals surface area (Å²) in [5.74, 6) is -0.489. The number of hydrogen-bond donors (Lipinski definition) is 1. The summed E-state index contributed by atoms with van der Waals surface area (Å²) >= 11 is 0. The monoisotopic (exact) mass is 565 g/mol. The molecule has 1 amide bonds. The van der Waals surface area contributed by atoms with Gasteiger partial charge in [-0.15, -0.1) is 0 Å². The van der Waals surface area contributed by atoms with E-state index in [4.69, 9.17) is 25.0 Å². The molecule has 1 atom stereocenters. The standard InChI is InChI=1S/C32H35N7O3/c1-32(2,3)29-17-27(37-42-29)30(31(33)40)22-6-4-21(5-7-22)28-19-34-26-16-23(8-9-25(26)36-28)24-18-35-39(20-24)11-10-38-12-14-41-15-13-38/h4-9,16-20,30H,10-15H2,1-3H3,(H2,33,40). The number of benzene rings is 2. The Balaban J connectivity index is 1.17. The molecule has 0 saturated carbocycles. The van der Waals surface area contributed by atoms with Gasteiger partial charge in [0, 0.05) is 48.4 Å². The lowest BCUT2D eigenvalue weighted by molar-refractivity contribution is -0.118. The molecule has 5 aromatic rings. The number of primary amides is 1. The van der Waals surface area contributed by atoms with E-state index in [9.17, 15) is 4.79 Å². The highest BCUT2D eigenvalue weighted by molar-refractivity contribution is 5.85. The van der Waals surface area contributed by atoms with E-state index in [-0.39, 0.29) is 5.41 Å². The van der Waals surface area contributed by atoms with Crippen LogP contribution in [0, 0.1) is 0 Å². The Hall–Kier alpha value is -4.41. The molecule has 1 unspecified atom stereocenters. The topological polar surface area (TPSA) is 125 Å². The highest BCUT2D eigenvalue weighted by Gasteiger charge is 2.27. The predicted octanol–water partition coefficient (Wildman–Crippen LogP) is 4.40. The molecule has 10 heteroatoms. The van der Waals surface area contributed by atoms with Crippen molar-refractivity contribution in [2.24, 2.45) is 5.73 Å². The number of ether oxygens (including phenoxy) is 1. The van der Waals surface area contributed by atoms with Crippen LogP contribution in [0.25, 0.3) is 33.4 Å². The maximum atomic E-state index is 12.4. The number of nitrogens with two attached hydrogens (primary N) is 1. The summed E-state index contributed by atoms with van der Waals surface area (Å²) in [7, 11) is 0. The van der Waals surface area contributed by atoms with Crippen LogP contribution in [0.2, 0.25) is 0 Å². The van der Waals surface area contributed by atoms with Crippen LogP contribution in [0.1, 0.15) is 43.7 Å². The van der Waals surface area contributed by atoms with Gasteiger partial charge in [0.05, 0.1) is 48.9 Å². The molecular formula is C32H35N7O3. The first kappa shape index (κ1) is 27.7. The first-order chi connectivity index (χ1) is 20.2. The van der Waals surface area contributed by atoms with Gasteiger partial charge in [0.2, 0.25) is 5.91 Å². The van der Waals surface area contributed by atoms with E-state index >= 15 is 0 Å². The molecule has 1 saturated heterocycles. The number of aromatic nitrogens is 5. The van der Waals surface area contributed by atoms with E-state index in [2.05, 4.69) is 27.4 Å². The van der Waals surface area contributed by atoms with Gasteiger partial charge < -0.3 is 15.0 Å². The molecule has 2 aromatic carbocycles. The van der Waals surface area contributed by atoms with Crippen molar-refractivity contribution < 1.29 is 14.1 Å². The van der Waals surface area contributed by atoms with Crippen molar-refractivity contribution in [2.75, 3.05) is 32.8 Å². The third-order valence-corrected chi connectivity index (χ3v) is 7.65. The summed E-state index contributed by atoms with van der Waals surface area (Å²) < 4.78 is 12.9. The Morgan fingerprint density at radius 3 is 2.43 bits per heavy atom. The highest BCUT2D eigenvalue weighted by Crippen LogP contribution is 2.31. The number of carbonyl (C=O) groups is 1. The third kappa shape index (κ3) is 5.95. The maximum Gasteiger partial charge on any atom is 0.231 e. The average Bonchev–Trinajstić information content (AvgIpc) is 3.67. The fourth-order valence-electron chi connectivity index (χ4n) is 5.14. The molecule has 10 nitrogen and oxygen atoms in total. The second kappa shape index (κ2) is 11.5. The van der Waals surface area contributed by atoms with Gasteiger partial charge in [0.25, 0.3) is 0 Å². The Kier molecular flexibility index (Phi) is 7.57. The summed E-state index contributed by atoms with van der Waals surface area (Å²) in [6.45, 7) is 11.4. The van der Waals surface area contributed by atoms with Gasteiger partial charge in [-0.05, 0) is 23.3 Å². The number of amides is 1. The number of rotatable bonds is 8. The van der Waals surface area contributed by atoms with Gasteiger partial charge in [-0.3, -0.25) is 19.4 Å². The van der Waals surface area contributed by atoms with Crippen molar-refractivity contribution in [1.29, 1.82) is 0 Å². The predicted molar refractivity (Wildman–Crippen MR) is 160 cm³/mol. The first-order valence-corrected chi connectivity index (χ1v) is 14.2. The third-order valence-electron chi connectivity index (χ3n) is 7.65. The highest BCUT2D eigenvalue weighted by atomic mass is 16.5. The zero-order valence-corrected chi connectivity index (χ0v) is 24.2. The zero-order chi connectivity index (χ0) is 29.3. The second-order valence-corrected chi connectivity index (χ2v) is 11.7. The molecule has 3 aromatic heterocycles. The van der Waals surface area contributed by atoms with Crippen LogP contribution in [0.15, 0.2) is 71.6 Å². The minimum absolute atomic E-state index is 0.224. The lowest BCUT2D eigenvalue weighted by Gasteiger charge is -2.26. The van der Waals surface area contributed by atoms with Crippen molar-refractivity contribution in [3.8, 4) is 22.4 Å². The lowest BCUT2D eigenvalue weighted by atomic mass is 9.90. The molecule has 216 valence electrons. The molecule has 42 heavy (non-hydrogen) atoms. The Morgan fingerprint density at radius 1 is 0.952 bits per heavy atom. The first-order valence-electron chi connectivity index (χ1n) is 14.2. The van der Waals surface area contributed by atoms with Crippen LogP contribution in [-0.4, -0.2) is 68.6 Å². The molecular weight excluding hydrogens is 530 g/mol. The van der Waals surface area contributed by atoms with E-state index in [1.54, 1.807) is 6.20 Å². The average molecular weight is 566 g/mol. The molecule has 1 aliphatic heterocycles. The van der Waals surface area contributed by atoms with Crippen LogP contribution in [0.4, 0.5) is 0 Å². The molecule has 4 heterocycles. The largest absolute Gasteiger partial charge is 0.379 e. The molecule has 1 aliphatic rings. The maximum absolute atomic E-state index is 12.4. The molecule has 0 spiro atoms. The summed E-state index contributed by atoms with van der Waals surface area (Å²) in [4.78, 5) is 24.3. The number of nitrogens with zero attached hydrogens (tertiary/aromatic N) is 6. The van der Waals surface area contributed by atoms with Crippen molar-refractivity contribution in [2.45, 2.75) is 38.6 Å². The molecule has 2 N–H and O–H groups in total. The van der Waals surface area contributed by atoms with Gasteiger partial charge in [-0.25, -0.2) is 4.98 Å². The van der Waals surface area contributed by atoms with Crippen molar-refractivity contribution in [1.82, 2.24) is 29.8 Å². The van der Waals surface area contributed by atoms with Gasteiger partial charge in [-0.1, -0.05) is 56.3 Å². The quantitative estimate of drug-likeness (QED) is 0.294. The van der Waals surface area contributed by atoms with Crippen molar-refractivity contribution in [3.63, 3.8) is 0 Å². The minimum atomic E-state index is -0.705. The molecule has 6 rings (SSSR count). The number of fused-ring (bicyclic) bond motifs is 1. The zero-order valence-electron chi connectivity index (χ0n) is 24.2. The van der Waals surface area contributed by atoms with E-state index in [0.29, 0.717) is 11.5 Å². The second-order valence-electron chi connectivity index (χ2n) is 11.7. The van der Waals surface area contributed by atoms with Crippen LogP contribution in [0.3, 0.4) is 0 Å². The van der Waals surface area contributed by atoms with Gasteiger partial charge in [-0.2, -0.15) is 5.10 Å². The Morgan fingerprint density at radius 2 is 1.71 bits per heavy atom. The normalized spacial score (nSPS) is 15.2. The number of hydrogen-bond acceptors (Lipinski definition) is 8. The Labute approximate surface area is 244 Å². The molecule has 0 bridgehead atoms. The fourth-order valence-corrected chi connectivity index (χ4v) is 5.14. The number of morpholine rings is 1. The van der Waals surface area contributed by atoms with E-state index in [1.807, 2.05) is 74.1 Å². The van der Waals surface area contributed by atoms with Crippen LogP contribution in [-0.2, 0) is 21.5 Å². The summed E-state index contributed by atoms with van der Waals surface area (Å²) in [5.41, 5.74) is 12.1. The smallest absolute Gasteiger partial charge is 0.231 e. The summed E-state index contributed by atoms with van der Waals surface area (Å²) in [6, 6.07) is 15.5. The molecule has 1 fully saturated rings. The van der Waals surface area contributed by atoms with Gasteiger partial charge >= 0.3 is 0 Å². The fraction of sp³-hybridized carbons (Fsp3) is 0.344.